The van der Waals surface area contributed by atoms with Crippen LogP contribution >= 0.6 is 11.3 Å². The van der Waals surface area contributed by atoms with Gasteiger partial charge in [-0.05, 0) is 42.2 Å². The summed E-state index contributed by atoms with van der Waals surface area (Å²) in [6.45, 7) is 2.73. The zero-order valence-electron chi connectivity index (χ0n) is 11.2. The molecule has 0 saturated heterocycles. The van der Waals surface area contributed by atoms with E-state index in [-0.39, 0.29) is 11.7 Å². The maximum atomic E-state index is 10.6. The zero-order valence-corrected chi connectivity index (χ0v) is 12.0. The summed E-state index contributed by atoms with van der Waals surface area (Å²) in [6, 6.07) is 2.10. The van der Waals surface area contributed by atoms with Crippen LogP contribution in [0.1, 0.15) is 51.0 Å². The van der Waals surface area contributed by atoms with E-state index < -0.39 is 0 Å². The predicted octanol–water partition coefficient (Wildman–Crippen LogP) is 3.78. The maximum absolute atomic E-state index is 10.6. The molecule has 1 aliphatic rings. The van der Waals surface area contributed by atoms with Crippen molar-refractivity contribution in [2.24, 2.45) is 0 Å². The van der Waals surface area contributed by atoms with Crippen LogP contribution in [-0.4, -0.2) is 23.4 Å². The van der Waals surface area contributed by atoms with Gasteiger partial charge in [0.05, 0.1) is 11.7 Å². The Balaban J connectivity index is 2.06. The Morgan fingerprint density at radius 2 is 2.06 bits per heavy atom. The molecule has 0 radical (unpaired) electrons. The Morgan fingerprint density at radius 3 is 2.61 bits per heavy atom. The summed E-state index contributed by atoms with van der Waals surface area (Å²) < 4.78 is 6.01. The monoisotopic (exact) mass is 268 g/mol. The van der Waals surface area contributed by atoms with E-state index in [0.29, 0.717) is 6.61 Å². The molecule has 1 saturated carbocycles. The Hall–Kier alpha value is -0.380. The summed E-state index contributed by atoms with van der Waals surface area (Å²) in [5.41, 5.74) is 0.934. The molecule has 18 heavy (non-hydrogen) atoms. The lowest BCUT2D eigenvalue weighted by Crippen LogP contribution is -2.45. The molecule has 0 bridgehead atoms. The molecule has 1 aliphatic carbocycles. The van der Waals surface area contributed by atoms with Gasteiger partial charge in [0.15, 0.2) is 0 Å². The van der Waals surface area contributed by atoms with Crippen LogP contribution < -0.4 is 0 Å². The minimum absolute atomic E-state index is 0.298. The van der Waals surface area contributed by atoms with E-state index >= 15 is 0 Å². The Morgan fingerprint density at radius 1 is 1.33 bits per heavy atom. The van der Waals surface area contributed by atoms with Crippen molar-refractivity contribution in [3.8, 4) is 0 Å². The minimum atomic E-state index is -0.370. The van der Waals surface area contributed by atoms with Crippen LogP contribution in [-0.2, 0) is 11.2 Å². The summed E-state index contributed by atoms with van der Waals surface area (Å²) in [5, 5.41) is 14.8. The van der Waals surface area contributed by atoms with Crippen molar-refractivity contribution in [1.29, 1.82) is 0 Å². The molecular weight excluding hydrogens is 244 g/mol. The summed E-state index contributed by atoms with van der Waals surface area (Å²) in [6.07, 6.45) is 7.29. The van der Waals surface area contributed by atoms with Gasteiger partial charge in [-0.3, -0.25) is 0 Å². The molecule has 2 rings (SSSR count). The van der Waals surface area contributed by atoms with Crippen LogP contribution in [0.25, 0.3) is 0 Å². The molecular formula is C15H24O2S. The summed E-state index contributed by atoms with van der Waals surface area (Å²) in [4.78, 5) is 0. The third-order valence-corrected chi connectivity index (χ3v) is 4.73. The number of rotatable bonds is 5. The molecule has 1 aromatic heterocycles. The lowest BCUT2D eigenvalue weighted by Gasteiger charge is -2.37. The minimum Gasteiger partial charge on any atom is -0.390 e. The SMILES string of the molecule is CCOC1(C(O)Cc2ccsc2)CCCCCC1. The van der Waals surface area contributed by atoms with Gasteiger partial charge >= 0.3 is 0 Å². The third-order valence-electron chi connectivity index (χ3n) is 4.00. The van der Waals surface area contributed by atoms with Crippen molar-refractivity contribution in [3.05, 3.63) is 22.4 Å². The molecule has 2 nitrogen and oxygen atoms in total. The molecule has 1 unspecified atom stereocenters. The van der Waals surface area contributed by atoms with Crippen molar-refractivity contribution >= 4 is 11.3 Å². The van der Waals surface area contributed by atoms with Crippen molar-refractivity contribution in [2.45, 2.75) is 63.6 Å². The zero-order chi connectivity index (χ0) is 12.8. The van der Waals surface area contributed by atoms with Crippen molar-refractivity contribution in [3.63, 3.8) is 0 Å². The number of ether oxygens (including phenoxy) is 1. The van der Waals surface area contributed by atoms with Crippen LogP contribution in [0.2, 0.25) is 0 Å². The molecule has 1 fully saturated rings. The van der Waals surface area contributed by atoms with Crippen LogP contribution in [0, 0.1) is 0 Å². The average Bonchev–Trinajstić information content (AvgIpc) is 2.74. The van der Waals surface area contributed by atoms with Gasteiger partial charge in [-0.2, -0.15) is 11.3 Å². The fraction of sp³-hybridized carbons (Fsp3) is 0.733. The van der Waals surface area contributed by atoms with E-state index in [9.17, 15) is 5.11 Å². The highest BCUT2D eigenvalue weighted by Gasteiger charge is 2.38. The highest BCUT2D eigenvalue weighted by atomic mass is 32.1. The van der Waals surface area contributed by atoms with Crippen molar-refractivity contribution in [1.82, 2.24) is 0 Å². The van der Waals surface area contributed by atoms with Crippen LogP contribution in [0.3, 0.4) is 0 Å². The number of thiophene rings is 1. The van der Waals surface area contributed by atoms with Gasteiger partial charge in [-0.15, -0.1) is 0 Å². The van der Waals surface area contributed by atoms with Crippen LogP contribution in [0.15, 0.2) is 16.8 Å². The molecule has 0 spiro atoms. The van der Waals surface area contributed by atoms with Gasteiger partial charge in [0, 0.05) is 13.0 Å². The smallest absolute Gasteiger partial charge is 0.0943 e. The lowest BCUT2D eigenvalue weighted by atomic mass is 9.85. The van der Waals surface area contributed by atoms with Gasteiger partial charge in [0.2, 0.25) is 0 Å². The first-order chi connectivity index (χ1) is 8.77. The summed E-state index contributed by atoms with van der Waals surface area (Å²) in [5.74, 6) is 0. The molecule has 0 aliphatic heterocycles. The molecule has 1 N–H and O–H groups in total. The topological polar surface area (TPSA) is 29.5 Å². The molecule has 1 atom stereocenters. The highest BCUT2D eigenvalue weighted by molar-refractivity contribution is 7.07. The standard InChI is InChI=1S/C15H24O2S/c1-2-17-15(8-5-3-4-6-9-15)14(16)11-13-7-10-18-12-13/h7,10,12,14,16H,2-6,8-9,11H2,1H3. The summed E-state index contributed by atoms with van der Waals surface area (Å²) >= 11 is 1.69. The Kier molecular flexibility index (Phi) is 5.22. The Bertz CT molecular complexity index is 326. The maximum Gasteiger partial charge on any atom is 0.0943 e. The normalized spacial score (nSPS) is 21.4. The van der Waals surface area contributed by atoms with E-state index in [1.165, 1.54) is 31.2 Å². The van der Waals surface area contributed by atoms with Crippen molar-refractivity contribution < 1.29 is 9.84 Å². The quantitative estimate of drug-likeness (QED) is 0.823. The third kappa shape index (κ3) is 3.34. The average molecular weight is 268 g/mol. The van der Waals surface area contributed by atoms with Gasteiger partial charge in [0.25, 0.3) is 0 Å². The molecule has 102 valence electrons. The largest absolute Gasteiger partial charge is 0.390 e. The molecule has 1 heterocycles. The fourth-order valence-corrected chi connectivity index (χ4v) is 3.69. The molecule has 0 amide bonds. The second kappa shape index (κ2) is 6.69. The van der Waals surface area contributed by atoms with E-state index in [2.05, 4.69) is 16.8 Å². The second-order valence-corrected chi connectivity index (χ2v) is 6.04. The van der Waals surface area contributed by atoms with Crippen molar-refractivity contribution in [2.75, 3.05) is 6.61 Å². The number of aliphatic hydroxyl groups excluding tert-OH is 1. The summed E-state index contributed by atoms with van der Waals surface area (Å²) in [7, 11) is 0. The number of hydrogen-bond acceptors (Lipinski definition) is 3. The Labute approximate surface area is 114 Å². The molecule has 1 aromatic rings. The van der Waals surface area contributed by atoms with E-state index in [0.717, 1.165) is 19.3 Å². The molecule has 3 heteroatoms. The van der Waals surface area contributed by atoms with Gasteiger partial charge in [0.1, 0.15) is 0 Å². The lowest BCUT2D eigenvalue weighted by molar-refractivity contribution is -0.128. The first-order valence-electron chi connectivity index (χ1n) is 7.10. The molecule has 0 aromatic carbocycles. The van der Waals surface area contributed by atoms with Gasteiger partial charge in [-0.1, -0.05) is 25.7 Å². The van der Waals surface area contributed by atoms with Crippen LogP contribution in [0.4, 0.5) is 0 Å². The fourth-order valence-electron chi connectivity index (χ4n) is 3.01. The number of aliphatic hydroxyl groups is 1. The van der Waals surface area contributed by atoms with E-state index in [1.807, 2.05) is 6.92 Å². The first kappa shape index (κ1) is 14.0. The van der Waals surface area contributed by atoms with Gasteiger partial charge < -0.3 is 9.84 Å². The predicted molar refractivity (Wildman–Crippen MR) is 76.1 cm³/mol. The second-order valence-electron chi connectivity index (χ2n) is 5.26. The van der Waals surface area contributed by atoms with Gasteiger partial charge in [-0.25, -0.2) is 0 Å². The highest BCUT2D eigenvalue weighted by Crippen LogP contribution is 2.35. The first-order valence-corrected chi connectivity index (χ1v) is 8.04. The number of hydrogen-bond donors (Lipinski definition) is 1. The van der Waals surface area contributed by atoms with Crippen LogP contribution in [0.5, 0.6) is 0 Å². The van der Waals surface area contributed by atoms with E-state index in [4.69, 9.17) is 4.74 Å². The van der Waals surface area contributed by atoms with E-state index in [1.54, 1.807) is 11.3 Å².